The first-order chi connectivity index (χ1) is 15.0. The highest BCUT2D eigenvalue weighted by molar-refractivity contribution is 5.97. The third-order valence-corrected chi connectivity index (χ3v) is 5.03. The summed E-state index contributed by atoms with van der Waals surface area (Å²) in [4.78, 5) is 42.4. The van der Waals surface area contributed by atoms with Crippen LogP contribution in [0.2, 0.25) is 0 Å². The normalized spacial score (nSPS) is 11.3. The van der Waals surface area contributed by atoms with Crippen molar-refractivity contribution in [2.75, 3.05) is 20.1 Å². The van der Waals surface area contributed by atoms with Crippen LogP contribution in [-0.4, -0.2) is 25.0 Å². The quantitative estimate of drug-likeness (QED) is 0.274. The third kappa shape index (κ3) is 3.96. The molecule has 0 bridgehead atoms. The van der Waals surface area contributed by atoms with Gasteiger partial charge in [0.15, 0.2) is 5.75 Å². The summed E-state index contributed by atoms with van der Waals surface area (Å²) in [5.41, 5.74) is 0.619. The van der Waals surface area contributed by atoms with Gasteiger partial charge in [0, 0.05) is 35.5 Å². The molecule has 2 aromatic carbocycles. The third-order valence-electron chi connectivity index (χ3n) is 5.03. The van der Waals surface area contributed by atoms with Crippen molar-refractivity contribution in [3.05, 3.63) is 79.8 Å². The predicted octanol–water partition coefficient (Wildman–Crippen LogP) is 3.02. The molecule has 9 nitrogen and oxygen atoms in total. The molecule has 0 saturated carbocycles. The van der Waals surface area contributed by atoms with Crippen LogP contribution in [0.3, 0.4) is 0 Å². The SMILES string of the molecule is CN(CCN=O)Cc1c(ON)ccc2c(-c3cc4ccccc4oc3=O)cc(=O)oc12. The Hall–Kier alpha value is -3.82. The number of hydrogen-bond donors (Lipinski definition) is 1. The van der Waals surface area contributed by atoms with Gasteiger partial charge in [-0.2, -0.15) is 10.8 Å². The molecule has 2 aromatic heterocycles. The zero-order valence-corrected chi connectivity index (χ0v) is 16.7. The minimum Gasteiger partial charge on any atom is -0.422 e. The maximum absolute atomic E-state index is 12.7. The molecule has 4 aromatic rings. The molecule has 31 heavy (non-hydrogen) atoms. The Labute approximate surface area is 175 Å². The van der Waals surface area contributed by atoms with Crippen LogP contribution in [0.25, 0.3) is 33.1 Å². The molecule has 9 heteroatoms. The van der Waals surface area contributed by atoms with E-state index < -0.39 is 11.3 Å². The zero-order valence-electron chi connectivity index (χ0n) is 16.7. The average molecular weight is 421 g/mol. The smallest absolute Gasteiger partial charge is 0.344 e. The van der Waals surface area contributed by atoms with Crippen molar-refractivity contribution in [1.29, 1.82) is 0 Å². The molecule has 0 radical (unpaired) electrons. The predicted molar refractivity (Wildman–Crippen MR) is 116 cm³/mol. The fourth-order valence-corrected chi connectivity index (χ4v) is 3.56. The fourth-order valence-electron chi connectivity index (χ4n) is 3.56. The van der Waals surface area contributed by atoms with Crippen molar-refractivity contribution in [1.82, 2.24) is 4.90 Å². The second kappa shape index (κ2) is 8.50. The number of benzene rings is 2. The van der Waals surface area contributed by atoms with E-state index in [0.29, 0.717) is 34.4 Å². The first kappa shape index (κ1) is 20.5. The largest absolute Gasteiger partial charge is 0.422 e. The standard InChI is InChI=1S/C22H19N3O6/c1-25(9-8-24-28)12-17-19(31-23)7-6-14-15(11-20(26)30-21(14)17)16-10-13-4-2-3-5-18(13)29-22(16)27/h2-7,10-11H,8-9,12,23H2,1H3. The van der Waals surface area contributed by atoms with Gasteiger partial charge in [0.25, 0.3) is 0 Å². The molecule has 2 heterocycles. The fraction of sp³-hybridized carbons (Fsp3) is 0.182. The molecule has 0 spiro atoms. The van der Waals surface area contributed by atoms with Crippen LogP contribution in [0.15, 0.2) is 72.1 Å². The Bertz CT molecular complexity index is 1390. The van der Waals surface area contributed by atoms with Crippen molar-refractivity contribution in [3.8, 4) is 16.9 Å². The number of para-hydroxylation sites is 1. The minimum atomic E-state index is -0.636. The number of fused-ring (bicyclic) bond motifs is 2. The van der Waals surface area contributed by atoms with Crippen molar-refractivity contribution < 1.29 is 13.7 Å². The molecular weight excluding hydrogens is 402 g/mol. The van der Waals surface area contributed by atoms with Gasteiger partial charge in [-0.25, -0.2) is 9.59 Å². The van der Waals surface area contributed by atoms with E-state index in [4.69, 9.17) is 19.6 Å². The van der Waals surface area contributed by atoms with Crippen LogP contribution in [0.1, 0.15) is 5.56 Å². The van der Waals surface area contributed by atoms with Crippen molar-refractivity contribution >= 4 is 21.9 Å². The molecule has 0 unspecified atom stereocenters. The molecule has 0 saturated heterocycles. The van der Waals surface area contributed by atoms with Crippen LogP contribution >= 0.6 is 0 Å². The van der Waals surface area contributed by atoms with E-state index in [1.54, 1.807) is 37.4 Å². The monoisotopic (exact) mass is 421 g/mol. The topological polar surface area (TPSA) is 128 Å². The second-order valence-electron chi connectivity index (χ2n) is 7.09. The van der Waals surface area contributed by atoms with Crippen molar-refractivity contribution in [3.63, 3.8) is 0 Å². The van der Waals surface area contributed by atoms with Crippen molar-refractivity contribution in [2.45, 2.75) is 6.54 Å². The van der Waals surface area contributed by atoms with E-state index in [0.717, 1.165) is 5.39 Å². The van der Waals surface area contributed by atoms with Gasteiger partial charge in [0.2, 0.25) is 0 Å². The highest BCUT2D eigenvalue weighted by Crippen LogP contribution is 2.33. The van der Waals surface area contributed by atoms with E-state index in [1.807, 2.05) is 17.0 Å². The summed E-state index contributed by atoms with van der Waals surface area (Å²) in [6.45, 7) is 0.771. The van der Waals surface area contributed by atoms with Gasteiger partial charge < -0.3 is 13.7 Å². The number of likely N-dealkylation sites (N-methyl/N-ethyl adjacent to an activating group) is 1. The van der Waals surface area contributed by atoms with Gasteiger partial charge in [-0.15, -0.1) is 0 Å². The highest BCUT2D eigenvalue weighted by Gasteiger charge is 2.19. The van der Waals surface area contributed by atoms with E-state index in [-0.39, 0.29) is 24.2 Å². The number of nitrogens with two attached hydrogens (primary N) is 1. The van der Waals surface area contributed by atoms with E-state index >= 15 is 0 Å². The summed E-state index contributed by atoms with van der Waals surface area (Å²) in [5.74, 6) is 5.73. The summed E-state index contributed by atoms with van der Waals surface area (Å²) in [6, 6.07) is 13.4. The van der Waals surface area contributed by atoms with Crippen LogP contribution in [0.5, 0.6) is 5.75 Å². The average Bonchev–Trinajstić information content (AvgIpc) is 2.77. The molecule has 0 atom stereocenters. The van der Waals surface area contributed by atoms with Crippen molar-refractivity contribution in [2.24, 2.45) is 11.1 Å². The summed E-state index contributed by atoms with van der Waals surface area (Å²) in [7, 11) is 1.78. The number of rotatable bonds is 7. The van der Waals surface area contributed by atoms with Crippen LogP contribution < -0.4 is 22.0 Å². The van der Waals surface area contributed by atoms with Gasteiger partial charge >= 0.3 is 11.3 Å². The van der Waals surface area contributed by atoms with E-state index in [1.165, 1.54) is 6.07 Å². The van der Waals surface area contributed by atoms with Gasteiger partial charge in [0.05, 0.1) is 17.7 Å². The van der Waals surface area contributed by atoms with Crippen LogP contribution in [-0.2, 0) is 6.54 Å². The summed E-state index contributed by atoms with van der Waals surface area (Å²) in [5, 5.41) is 4.11. The maximum Gasteiger partial charge on any atom is 0.344 e. The lowest BCUT2D eigenvalue weighted by Gasteiger charge is -2.18. The Kier molecular flexibility index (Phi) is 5.61. The van der Waals surface area contributed by atoms with E-state index in [9.17, 15) is 14.5 Å². The molecule has 2 N–H and O–H groups in total. The lowest BCUT2D eigenvalue weighted by atomic mass is 9.99. The molecule has 0 amide bonds. The molecule has 0 fully saturated rings. The maximum atomic E-state index is 12.7. The van der Waals surface area contributed by atoms with Crippen LogP contribution in [0, 0.1) is 4.91 Å². The first-order valence-corrected chi connectivity index (χ1v) is 9.49. The van der Waals surface area contributed by atoms with Gasteiger partial charge in [-0.3, -0.25) is 4.90 Å². The molecule has 0 aliphatic carbocycles. The lowest BCUT2D eigenvalue weighted by Crippen LogP contribution is -2.22. The van der Waals surface area contributed by atoms with Gasteiger partial charge in [-0.05, 0) is 31.3 Å². The van der Waals surface area contributed by atoms with E-state index in [2.05, 4.69) is 5.18 Å². The Morgan fingerprint density at radius 2 is 1.87 bits per heavy atom. The Balaban J connectivity index is 1.95. The zero-order chi connectivity index (χ0) is 22.0. The molecule has 158 valence electrons. The van der Waals surface area contributed by atoms with Crippen LogP contribution in [0.4, 0.5) is 0 Å². The summed E-state index contributed by atoms with van der Waals surface area (Å²) >= 11 is 0. The summed E-state index contributed by atoms with van der Waals surface area (Å²) in [6.07, 6.45) is 0. The lowest BCUT2D eigenvalue weighted by molar-refractivity contribution is 0.303. The molecule has 0 aliphatic rings. The summed E-state index contributed by atoms with van der Waals surface area (Å²) < 4.78 is 10.9. The first-order valence-electron chi connectivity index (χ1n) is 9.49. The number of hydrogen-bond acceptors (Lipinski definition) is 9. The number of nitroso groups, excluding NO2 is 1. The molecular formula is C22H19N3O6. The second-order valence-corrected chi connectivity index (χ2v) is 7.09. The molecule has 0 aliphatic heterocycles. The Morgan fingerprint density at radius 1 is 1.06 bits per heavy atom. The van der Waals surface area contributed by atoms with Gasteiger partial charge in [0.1, 0.15) is 11.2 Å². The Morgan fingerprint density at radius 3 is 2.65 bits per heavy atom. The highest BCUT2D eigenvalue weighted by atomic mass is 16.6. The minimum absolute atomic E-state index is 0.105. The van der Waals surface area contributed by atoms with Gasteiger partial charge in [-0.1, -0.05) is 23.4 Å². The number of nitrogens with zero attached hydrogens (tertiary/aromatic N) is 2. The molecule has 4 rings (SSSR count).